The largest absolute Gasteiger partial charge is 0.389 e. The Kier molecular flexibility index (Phi) is 3.33. The molecule has 3 unspecified atom stereocenters. The maximum Gasteiger partial charge on any atom is 0.0715 e. The van der Waals surface area contributed by atoms with Gasteiger partial charge in [-0.05, 0) is 34.1 Å². The van der Waals surface area contributed by atoms with E-state index >= 15 is 0 Å². The lowest BCUT2D eigenvalue weighted by Crippen LogP contribution is -2.43. The second-order valence-electron chi connectivity index (χ2n) is 4.69. The topological polar surface area (TPSA) is 41.5 Å². The van der Waals surface area contributed by atoms with Gasteiger partial charge in [-0.1, -0.05) is 0 Å². The van der Waals surface area contributed by atoms with Crippen molar-refractivity contribution in [1.29, 1.82) is 0 Å². The van der Waals surface area contributed by atoms with Crippen molar-refractivity contribution >= 4 is 0 Å². The molecule has 0 radical (unpaired) electrons. The summed E-state index contributed by atoms with van der Waals surface area (Å²) in [6.45, 7) is 8.40. The Hall–Kier alpha value is -0.120. The van der Waals surface area contributed by atoms with Crippen LogP contribution in [0.5, 0.6) is 0 Å². The zero-order valence-corrected chi connectivity index (χ0v) is 9.00. The molecule has 1 rings (SSSR count). The summed E-state index contributed by atoms with van der Waals surface area (Å²) in [4.78, 5) is 0. The van der Waals surface area contributed by atoms with Gasteiger partial charge in [0.05, 0.1) is 17.8 Å². The van der Waals surface area contributed by atoms with Crippen LogP contribution in [-0.4, -0.2) is 35.5 Å². The molecule has 78 valence electrons. The zero-order valence-electron chi connectivity index (χ0n) is 9.00. The average Bonchev–Trinajstić information content (AvgIpc) is 2.24. The van der Waals surface area contributed by atoms with E-state index in [0.717, 1.165) is 6.42 Å². The molecule has 2 N–H and O–H groups in total. The number of rotatable bonds is 3. The highest BCUT2D eigenvalue weighted by Crippen LogP contribution is 2.19. The van der Waals surface area contributed by atoms with E-state index in [1.54, 1.807) is 0 Å². The van der Waals surface area contributed by atoms with Crippen molar-refractivity contribution in [2.24, 2.45) is 0 Å². The van der Waals surface area contributed by atoms with Crippen molar-refractivity contribution in [3.8, 4) is 0 Å². The molecule has 0 aromatic rings. The lowest BCUT2D eigenvalue weighted by molar-refractivity contribution is 0.0510. The first-order valence-electron chi connectivity index (χ1n) is 5.00. The summed E-state index contributed by atoms with van der Waals surface area (Å²) in [5.41, 5.74) is -0.633. The molecule has 0 aromatic heterocycles. The summed E-state index contributed by atoms with van der Waals surface area (Å²) < 4.78 is 5.59. The SMILES string of the molecule is CC1CC(NCC(C)(C)O)C(C)O1. The first-order valence-corrected chi connectivity index (χ1v) is 5.00. The third kappa shape index (κ3) is 3.63. The Morgan fingerprint density at radius 1 is 1.46 bits per heavy atom. The van der Waals surface area contributed by atoms with Gasteiger partial charge in [-0.2, -0.15) is 0 Å². The maximum atomic E-state index is 9.53. The summed E-state index contributed by atoms with van der Waals surface area (Å²) in [7, 11) is 0. The fraction of sp³-hybridized carbons (Fsp3) is 1.00. The summed E-state index contributed by atoms with van der Waals surface area (Å²) in [6.07, 6.45) is 1.64. The Morgan fingerprint density at radius 3 is 2.46 bits per heavy atom. The summed E-state index contributed by atoms with van der Waals surface area (Å²) in [5.74, 6) is 0. The van der Waals surface area contributed by atoms with Gasteiger partial charge in [0.25, 0.3) is 0 Å². The van der Waals surface area contributed by atoms with Crippen LogP contribution in [0.3, 0.4) is 0 Å². The Bertz CT molecular complexity index is 165. The highest BCUT2D eigenvalue weighted by atomic mass is 16.5. The molecule has 0 spiro atoms. The minimum atomic E-state index is -0.633. The van der Waals surface area contributed by atoms with Crippen LogP contribution in [0.25, 0.3) is 0 Å². The Balaban J connectivity index is 2.30. The normalized spacial score (nSPS) is 35.3. The molecule has 0 aromatic carbocycles. The minimum absolute atomic E-state index is 0.261. The molecule has 0 amide bonds. The summed E-state index contributed by atoms with van der Waals surface area (Å²) in [6, 6.07) is 0.390. The van der Waals surface area contributed by atoms with Crippen LogP contribution in [0.4, 0.5) is 0 Å². The molecule has 0 bridgehead atoms. The molecule has 3 nitrogen and oxygen atoms in total. The zero-order chi connectivity index (χ0) is 10.1. The monoisotopic (exact) mass is 187 g/mol. The highest BCUT2D eigenvalue weighted by molar-refractivity contribution is 4.85. The first kappa shape index (κ1) is 11.0. The highest BCUT2D eigenvalue weighted by Gasteiger charge is 2.30. The molecule has 1 saturated heterocycles. The van der Waals surface area contributed by atoms with Gasteiger partial charge in [-0.25, -0.2) is 0 Å². The third-order valence-electron chi connectivity index (χ3n) is 2.40. The lowest BCUT2D eigenvalue weighted by Gasteiger charge is -2.22. The molecule has 1 fully saturated rings. The third-order valence-corrected chi connectivity index (χ3v) is 2.40. The van der Waals surface area contributed by atoms with E-state index in [1.807, 2.05) is 13.8 Å². The van der Waals surface area contributed by atoms with E-state index in [0.29, 0.717) is 18.7 Å². The standard InChI is InChI=1S/C10H21NO2/c1-7-5-9(8(2)13-7)11-6-10(3,4)12/h7-9,11-12H,5-6H2,1-4H3. The fourth-order valence-corrected chi connectivity index (χ4v) is 1.70. The fourth-order valence-electron chi connectivity index (χ4n) is 1.70. The smallest absolute Gasteiger partial charge is 0.0715 e. The second kappa shape index (κ2) is 3.95. The van der Waals surface area contributed by atoms with Crippen molar-refractivity contribution in [3.05, 3.63) is 0 Å². The number of hydrogen-bond donors (Lipinski definition) is 2. The average molecular weight is 187 g/mol. The maximum absolute atomic E-state index is 9.53. The number of hydrogen-bond acceptors (Lipinski definition) is 3. The quantitative estimate of drug-likeness (QED) is 0.690. The molecule has 0 saturated carbocycles. The summed E-state index contributed by atoms with van der Waals surface area (Å²) in [5, 5.41) is 12.9. The Labute approximate surface area is 80.5 Å². The van der Waals surface area contributed by atoms with Crippen LogP contribution in [0.1, 0.15) is 34.1 Å². The molecule has 1 aliphatic rings. The predicted molar refractivity (Wildman–Crippen MR) is 52.7 cm³/mol. The van der Waals surface area contributed by atoms with Gasteiger partial charge in [0.1, 0.15) is 0 Å². The number of nitrogens with one attached hydrogen (secondary N) is 1. The molecular weight excluding hydrogens is 166 g/mol. The van der Waals surface area contributed by atoms with Crippen LogP contribution >= 0.6 is 0 Å². The van der Waals surface area contributed by atoms with Crippen LogP contribution in [0.15, 0.2) is 0 Å². The molecule has 13 heavy (non-hydrogen) atoms. The van der Waals surface area contributed by atoms with Gasteiger partial charge < -0.3 is 15.2 Å². The van der Waals surface area contributed by atoms with Crippen LogP contribution in [-0.2, 0) is 4.74 Å². The van der Waals surface area contributed by atoms with Crippen molar-refractivity contribution in [2.75, 3.05) is 6.54 Å². The van der Waals surface area contributed by atoms with E-state index < -0.39 is 5.60 Å². The van der Waals surface area contributed by atoms with Crippen molar-refractivity contribution in [2.45, 2.75) is 58.0 Å². The summed E-state index contributed by atoms with van der Waals surface area (Å²) >= 11 is 0. The van der Waals surface area contributed by atoms with Crippen LogP contribution in [0, 0.1) is 0 Å². The molecular formula is C10H21NO2. The van der Waals surface area contributed by atoms with Crippen molar-refractivity contribution < 1.29 is 9.84 Å². The van der Waals surface area contributed by atoms with E-state index in [9.17, 15) is 5.11 Å². The molecule has 1 aliphatic heterocycles. The van der Waals surface area contributed by atoms with E-state index in [-0.39, 0.29) is 6.10 Å². The van der Waals surface area contributed by atoms with Crippen molar-refractivity contribution in [1.82, 2.24) is 5.32 Å². The lowest BCUT2D eigenvalue weighted by atomic mass is 10.1. The van der Waals surface area contributed by atoms with Crippen LogP contribution < -0.4 is 5.32 Å². The van der Waals surface area contributed by atoms with Gasteiger partial charge in [0, 0.05) is 12.6 Å². The molecule has 3 heteroatoms. The van der Waals surface area contributed by atoms with Crippen molar-refractivity contribution in [3.63, 3.8) is 0 Å². The van der Waals surface area contributed by atoms with Crippen LogP contribution in [0.2, 0.25) is 0 Å². The minimum Gasteiger partial charge on any atom is -0.389 e. The van der Waals surface area contributed by atoms with E-state index in [4.69, 9.17) is 4.74 Å². The van der Waals surface area contributed by atoms with Gasteiger partial charge >= 0.3 is 0 Å². The first-order chi connectivity index (χ1) is 5.88. The molecule has 1 heterocycles. The van der Waals surface area contributed by atoms with Gasteiger partial charge in [0.2, 0.25) is 0 Å². The van der Waals surface area contributed by atoms with Gasteiger partial charge in [0.15, 0.2) is 0 Å². The van der Waals surface area contributed by atoms with E-state index in [2.05, 4.69) is 19.2 Å². The Morgan fingerprint density at radius 2 is 2.08 bits per heavy atom. The second-order valence-corrected chi connectivity index (χ2v) is 4.69. The van der Waals surface area contributed by atoms with Gasteiger partial charge in [-0.3, -0.25) is 0 Å². The van der Waals surface area contributed by atoms with Gasteiger partial charge in [-0.15, -0.1) is 0 Å². The predicted octanol–water partition coefficient (Wildman–Crippen LogP) is 0.913. The number of aliphatic hydroxyl groups is 1. The van der Waals surface area contributed by atoms with E-state index in [1.165, 1.54) is 0 Å². The molecule has 0 aliphatic carbocycles. The number of ether oxygens (including phenoxy) is 1. The molecule has 3 atom stereocenters.